The predicted molar refractivity (Wildman–Crippen MR) is 54.8 cm³/mol. The van der Waals surface area contributed by atoms with Crippen molar-refractivity contribution >= 4 is 17.2 Å². The topological polar surface area (TPSA) is 37.3 Å². The van der Waals surface area contributed by atoms with Crippen LogP contribution in [0.15, 0.2) is 35.2 Å². The van der Waals surface area contributed by atoms with Crippen LogP contribution in [0.4, 0.5) is 0 Å². The molecule has 0 heterocycles. The van der Waals surface area contributed by atoms with E-state index in [1.54, 1.807) is 12.1 Å². The van der Waals surface area contributed by atoms with Crippen LogP contribution >= 0.6 is 0 Å². The van der Waals surface area contributed by atoms with Crippen molar-refractivity contribution in [3.63, 3.8) is 0 Å². The Kier molecular flexibility index (Phi) is 3.86. The van der Waals surface area contributed by atoms with Gasteiger partial charge in [0.25, 0.3) is 0 Å². The van der Waals surface area contributed by atoms with E-state index in [-0.39, 0.29) is 0 Å². The van der Waals surface area contributed by atoms with Crippen molar-refractivity contribution in [1.29, 1.82) is 0 Å². The summed E-state index contributed by atoms with van der Waals surface area (Å²) in [5.74, 6) is 0. The molecule has 1 atom stereocenters. The molecular weight excluding hydrogens is 184 g/mol. The van der Waals surface area contributed by atoms with Crippen LogP contribution in [0.25, 0.3) is 6.08 Å². The first kappa shape index (κ1) is 10.2. The van der Waals surface area contributed by atoms with Gasteiger partial charge in [-0.3, -0.25) is 0 Å². The molecule has 0 fully saturated rings. The van der Waals surface area contributed by atoms with Crippen molar-refractivity contribution in [2.24, 2.45) is 0 Å². The van der Waals surface area contributed by atoms with Crippen LogP contribution in [0, 0.1) is 0 Å². The Morgan fingerprint density at radius 1 is 1.38 bits per heavy atom. The molecule has 0 aliphatic carbocycles. The van der Waals surface area contributed by atoms with Gasteiger partial charge in [-0.1, -0.05) is 31.2 Å². The standard InChI is InChI=1S/C10H12O2S/c1-2-3-4-9-5-7-10(8-6-9)13(11)12/h3-8H,2H2,1H3,(H,11,12). The monoisotopic (exact) mass is 196 g/mol. The summed E-state index contributed by atoms with van der Waals surface area (Å²) >= 11 is -1.87. The van der Waals surface area contributed by atoms with Crippen molar-refractivity contribution in [1.82, 2.24) is 0 Å². The summed E-state index contributed by atoms with van der Waals surface area (Å²) in [4.78, 5) is 0.439. The minimum atomic E-state index is -1.87. The summed E-state index contributed by atoms with van der Waals surface area (Å²) in [6.07, 6.45) is 5.03. The molecule has 0 amide bonds. The van der Waals surface area contributed by atoms with E-state index in [2.05, 4.69) is 6.92 Å². The lowest BCUT2D eigenvalue weighted by Gasteiger charge is -1.95. The van der Waals surface area contributed by atoms with E-state index in [0.717, 1.165) is 12.0 Å². The minimum Gasteiger partial charge on any atom is -0.302 e. The number of rotatable bonds is 3. The van der Waals surface area contributed by atoms with Gasteiger partial charge in [-0.25, -0.2) is 4.21 Å². The van der Waals surface area contributed by atoms with E-state index in [9.17, 15) is 4.21 Å². The fourth-order valence-electron chi connectivity index (χ4n) is 0.949. The molecule has 0 aliphatic rings. The van der Waals surface area contributed by atoms with Gasteiger partial charge in [-0.05, 0) is 24.1 Å². The van der Waals surface area contributed by atoms with Crippen LogP contribution in [-0.2, 0) is 11.1 Å². The van der Waals surface area contributed by atoms with Crippen molar-refractivity contribution in [3.8, 4) is 0 Å². The van der Waals surface area contributed by atoms with Crippen molar-refractivity contribution in [2.75, 3.05) is 0 Å². The average Bonchev–Trinajstić information content (AvgIpc) is 2.15. The molecule has 0 aromatic heterocycles. The highest BCUT2D eigenvalue weighted by Gasteiger charge is 1.96. The molecule has 0 spiro atoms. The maximum absolute atomic E-state index is 10.6. The van der Waals surface area contributed by atoms with Gasteiger partial charge in [0, 0.05) is 0 Å². The van der Waals surface area contributed by atoms with E-state index in [0.29, 0.717) is 4.90 Å². The Morgan fingerprint density at radius 2 is 2.00 bits per heavy atom. The highest BCUT2D eigenvalue weighted by molar-refractivity contribution is 7.79. The lowest BCUT2D eigenvalue weighted by molar-refractivity contribution is 0.564. The first-order chi connectivity index (χ1) is 6.24. The van der Waals surface area contributed by atoms with Crippen LogP contribution in [0.1, 0.15) is 18.9 Å². The normalized spacial score (nSPS) is 13.4. The first-order valence-electron chi connectivity index (χ1n) is 4.11. The molecule has 1 aromatic rings. The molecule has 0 saturated carbocycles. The molecule has 1 unspecified atom stereocenters. The van der Waals surface area contributed by atoms with Gasteiger partial charge in [0.15, 0.2) is 11.1 Å². The molecule has 1 aromatic carbocycles. The summed E-state index contributed by atoms with van der Waals surface area (Å²) in [6, 6.07) is 6.97. The largest absolute Gasteiger partial charge is 0.302 e. The Labute approximate surface area is 80.6 Å². The quantitative estimate of drug-likeness (QED) is 0.755. The minimum absolute atomic E-state index is 0.439. The Morgan fingerprint density at radius 3 is 2.46 bits per heavy atom. The van der Waals surface area contributed by atoms with Gasteiger partial charge < -0.3 is 4.55 Å². The fraction of sp³-hybridized carbons (Fsp3) is 0.200. The SMILES string of the molecule is CCC=Cc1ccc(S(=O)O)cc1. The molecule has 0 aliphatic heterocycles. The van der Waals surface area contributed by atoms with Gasteiger partial charge in [0.2, 0.25) is 0 Å². The van der Waals surface area contributed by atoms with Gasteiger partial charge in [0.05, 0.1) is 4.90 Å². The van der Waals surface area contributed by atoms with Gasteiger partial charge in [-0.15, -0.1) is 0 Å². The van der Waals surface area contributed by atoms with Crippen LogP contribution in [-0.4, -0.2) is 8.76 Å². The average molecular weight is 196 g/mol. The van der Waals surface area contributed by atoms with E-state index < -0.39 is 11.1 Å². The number of hydrogen-bond acceptors (Lipinski definition) is 1. The van der Waals surface area contributed by atoms with Crippen molar-refractivity contribution in [3.05, 3.63) is 35.9 Å². The molecule has 1 N–H and O–H groups in total. The Hall–Kier alpha value is -0.930. The third kappa shape index (κ3) is 3.13. The predicted octanol–water partition coefficient (Wildman–Crippen LogP) is 2.69. The van der Waals surface area contributed by atoms with Crippen molar-refractivity contribution in [2.45, 2.75) is 18.2 Å². The maximum atomic E-state index is 10.6. The second-order valence-electron chi connectivity index (χ2n) is 2.63. The lowest BCUT2D eigenvalue weighted by atomic mass is 10.2. The molecule has 0 radical (unpaired) electrons. The van der Waals surface area contributed by atoms with E-state index in [1.807, 2.05) is 24.3 Å². The fourth-order valence-corrected chi connectivity index (χ4v) is 1.32. The third-order valence-electron chi connectivity index (χ3n) is 1.63. The van der Waals surface area contributed by atoms with Gasteiger partial charge in [0.1, 0.15) is 0 Å². The maximum Gasteiger partial charge on any atom is 0.186 e. The molecule has 13 heavy (non-hydrogen) atoms. The summed E-state index contributed by atoms with van der Waals surface area (Å²) in [6.45, 7) is 2.06. The van der Waals surface area contributed by atoms with Gasteiger partial charge >= 0.3 is 0 Å². The third-order valence-corrected chi connectivity index (χ3v) is 2.30. The second-order valence-corrected chi connectivity index (χ2v) is 3.60. The van der Waals surface area contributed by atoms with E-state index in [4.69, 9.17) is 4.55 Å². The molecule has 70 valence electrons. The molecule has 0 saturated heterocycles. The zero-order valence-electron chi connectivity index (χ0n) is 7.43. The van der Waals surface area contributed by atoms with Crippen molar-refractivity contribution < 1.29 is 8.76 Å². The van der Waals surface area contributed by atoms with Crippen LogP contribution in [0.3, 0.4) is 0 Å². The zero-order chi connectivity index (χ0) is 9.68. The van der Waals surface area contributed by atoms with Crippen LogP contribution in [0.2, 0.25) is 0 Å². The Balaban J connectivity index is 2.81. The van der Waals surface area contributed by atoms with E-state index in [1.165, 1.54) is 0 Å². The number of allylic oxidation sites excluding steroid dienone is 1. The summed E-state index contributed by atoms with van der Waals surface area (Å²) in [5, 5.41) is 0. The van der Waals surface area contributed by atoms with Crippen LogP contribution in [0.5, 0.6) is 0 Å². The highest BCUT2D eigenvalue weighted by atomic mass is 32.2. The lowest BCUT2D eigenvalue weighted by Crippen LogP contribution is -1.86. The highest BCUT2D eigenvalue weighted by Crippen LogP contribution is 2.08. The molecule has 3 heteroatoms. The smallest absolute Gasteiger partial charge is 0.186 e. The molecular formula is C10H12O2S. The van der Waals surface area contributed by atoms with E-state index >= 15 is 0 Å². The molecule has 1 rings (SSSR count). The van der Waals surface area contributed by atoms with Crippen LogP contribution < -0.4 is 0 Å². The summed E-state index contributed by atoms with van der Waals surface area (Å²) in [5.41, 5.74) is 1.05. The molecule has 2 nitrogen and oxygen atoms in total. The van der Waals surface area contributed by atoms with Gasteiger partial charge in [-0.2, -0.15) is 0 Å². The first-order valence-corrected chi connectivity index (χ1v) is 5.22. The number of hydrogen-bond donors (Lipinski definition) is 1. The number of benzene rings is 1. The molecule has 0 bridgehead atoms. The zero-order valence-corrected chi connectivity index (χ0v) is 8.25. The summed E-state index contributed by atoms with van der Waals surface area (Å²) < 4.78 is 19.4. The Bertz CT molecular complexity index is 314. The second kappa shape index (κ2) is 4.94. The summed E-state index contributed by atoms with van der Waals surface area (Å²) in [7, 11) is 0.